The number of carbonyl (C=O) groups is 2. The van der Waals surface area contributed by atoms with Crippen molar-refractivity contribution in [2.75, 3.05) is 12.4 Å². The number of amides is 1. The molecule has 0 radical (unpaired) electrons. The SMILES string of the molecule is C[C@H](NC(=O)COC(=O)CSc1ccccc1[N+](=O)[O-])c1cccc(Cl)c1. The summed E-state index contributed by atoms with van der Waals surface area (Å²) in [5.74, 6) is -1.22. The van der Waals surface area contributed by atoms with E-state index in [0.29, 0.717) is 9.92 Å². The van der Waals surface area contributed by atoms with Gasteiger partial charge in [0.05, 0.1) is 21.6 Å². The first kappa shape index (κ1) is 20.7. The van der Waals surface area contributed by atoms with Crippen LogP contribution < -0.4 is 5.32 Å². The largest absolute Gasteiger partial charge is 0.455 e. The van der Waals surface area contributed by atoms with E-state index in [9.17, 15) is 19.7 Å². The van der Waals surface area contributed by atoms with Crippen LogP contribution in [0.15, 0.2) is 53.4 Å². The number of nitrogens with zero attached hydrogens (tertiary/aromatic N) is 1. The Kier molecular flexibility index (Phi) is 7.63. The second kappa shape index (κ2) is 9.94. The van der Waals surface area contributed by atoms with Gasteiger partial charge in [-0.05, 0) is 30.7 Å². The zero-order valence-electron chi connectivity index (χ0n) is 14.4. The fraction of sp³-hybridized carbons (Fsp3) is 0.222. The first-order valence-electron chi connectivity index (χ1n) is 7.93. The van der Waals surface area contributed by atoms with Gasteiger partial charge in [-0.2, -0.15) is 0 Å². The second-order valence-electron chi connectivity index (χ2n) is 5.52. The number of hydrogen-bond donors (Lipinski definition) is 1. The molecule has 0 saturated heterocycles. The van der Waals surface area contributed by atoms with Gasteiger partial charge in [0.1, 0.15) is 0 Å². The lowest BCUT2D eigenvalue weighted by molar-refractivity contribution is -0.387. The number of nitrogens with one attached hydrogen (secondary N) is 1. The topological polar surface area (TPSA) is 98.5 Å². The van der Waals surface area contributed by atoms with Crippen molar-refractivity contribution in [3.63, 3.8) is 0 Å². The van der Waals surface area contributed by atoms with Gasteiger partial charge in [0.15, 0.2) is 6.61 Å². The summed E-state index contributed by atoms with van der Waals surface area (Å²) in [6, 6.07) is 12.9. The van der Waals surface area contributed by atoms with Crippen LogP contribution in [0.5, 0.6) is 0 Å². The molecule has 0 aliphatic heterocycles. The minimum atomic E-state index is -0.635. The summed E-state index contributed by atoms with van der Waals surface area (Å²) in [6.45, 7) is 1.36. The molecule has 0 fully saturated rings. The Balaban J connectivity index is 1.78. The Labute approximate surface area is 165 Å². The van der Waals surface area contributed by atoms with E-state index in [1.54, 1.807) is 43.3 Å². The minimum absolute atomic E-state index is 0.0802. The second-order valence-corrected chi connectivity index (χ2v) is 6.97. The first-order valence-corrected chi connectivity index (χ1v) is 9.30. The molecular formula is C18H17ClN2O5S. The standard InChI is InChI=1S/C18H17ClN2O5S/c1-12(13-5-4-6-14(19)9-13)20-17(22)10-26-18(23)11-27-16-8-3-2-7-15(16)21(24)25/h2-9,12H,10-11H2,1H3,(H,20,22)/t12-/m0/s1. The molecule has 2 rings (SSSR count). The van der Waals surface area contributed by atoms with Gasteiger partial charge < -0.3 is 10.1 Å². The van der Waals surface area contributed by atoms with Crippen molar-refractivity contribution in [1.82, 2.24) is 5.32 Å². The highest BCUT2D eigenvalue weighted by atomic mass is 35.5. The molecule has 0 heterocycles. The maximum atomic E-state index is 11.9. The van der Waals surface area contributed by atoms with Crippen LogP contribution in [0.3, 0.4) is 0 Å². The van der Waals surface area contributed by atoms with Gasteiger partial charge in [-0.1, -0.05) is 35.9 Å². The van der Waals surface area contributed by atoms with E-state index in [0.717, 1.165) is 17.3 Å². The van der Waals surface area contributed by atoms with Gasteiger partial charge in [0.2, 0.25) is 0 Å². The third kappa shape index (κ3) is 6.58. The predicted molar refractivity (Wildman–Crippen MR) is 103 cm³/mol. The summed E-state index contributed by atoms with van der Waals surface area (Å²) < 4.78 is 4.92. The molecule has 1 amide bonds. The van der Waals surface area contributed by atoms with Crippen LogP contribution in [0.25, 0.3) is 0 Å². The predicted octanol–water partition coefficient (Wildman–Crippen LogP) is 3.76. The number of hydrogen-bond acceptors (Lipinski definition) is 6. The van der Waals surface area contributed by atoms with Gasteiger partial charge in [-0.15, -0.1) is 11.8 Å². The molecule has 1 atom stereocenters. The number of rotatable bonds is 8. The fourth-order valence-corrected chi connectivity index (χ4v) is 3.22. The molecule has 1 N–H and O–H groups in total. The molecule has 2 aromatic rings. The summed E-state index contributed by atoms with van der Waals surface area (Å²) in [6.07, 6.45) is 0. The van der Waals surface area contributed by atoms with Gasteiger partial charge in [-0.3, -0.25) is 19.7 Å². The van der Waals surface area contributed by atoms with Crippen LogP contribution in [-0.2, 0) is 14.3 Å². The lowest BCUT2D eigenvalue weighted by Crippen LogP contribution is -2.31. The lowest BCUT2D eigenvalue weighted by Gasteiger charge is -2.14. The fourth-order valence-electron chi connectivity index (χ4n) is 2.20. The molecule has 142 valence electrons. The zero-order chi connectivity index (χ0) is 19.8. The summed E-state index contributed by atoms with van der Waals surface area (Å²) in [7, 11) is 0. The molecule has 9 heteroatoms. The van der Waals surface area contributed by atoms with Crippen LogP contribution in [0.2, 0.25) is 5.02 Å². The van der Waals surface area contributed by atoms with Crippen molar-refractivity contribution in [3.8, 4) is 0 Å². The highest BCUT2D eigenvalue weighted by Crippen LogP contribution is 2.28. The minimum Gasteiger partial charge on any atom is -0.455 e. The first-order chi connectivity index (χ1) is 12.9. The molecule has 7 nitrogen and oxygen atoms in total. The van der Waals surface area contributed by atoms with Crippen LogP contribution in [0.4, 0.5) is 5.69 Å². The average molecular weight is 409 g/mol. The van der Waals surface area contributed by atoms with Crippen LogP contribution in [0, 0.1) is 10.1 Å². The van der Waals surface area contributed by atoms with Crippen molar-refractivity contribution in [2.24, 2.45) is 0 Å². The number of benzene rings is 2. The summed E-state index contributed by atoms with van der Waals surface area (Å²) >= 11 is 6.90. The van der Waals surface area contributed by atoms with E-state index >= 15 is 0 Å². The molecule has 0 aliphatic rings. The van der Waals surface area contributed by atoms with Crippen LogP contribution in [0.1, 0.15) is 18.5 Å². The quantitative estimate of drug-likeness (QED) is 0.309. The zero-order valence-corrected chi connectivity index (χ0v) is 16.0. The van der Waals surface area contributed by atoms with Gasteiger partial charge in [0, 0.05) is 11.1 Å². The number of ether oxygens (including phenoxy) is 1. The summed E-state index contributed by atoms with van der Waals surface area (Å²) in [5, 5.41) is 14.2. The molecule has 0 unspecified atom stereocenters. The molecular weight excluding hydrogens is 392 g/mol. The van der Waals surface area contributed by atoms with E-state index in [-0.39, 0.29) is 17.5 Å². The Morgan fingerprint density at radius 3 is 2.70 bits per heavy atom. The maximum Gasteiger partial charge on any atom is 0.316 e. The molecule has 2 aromatic carbocycles. The Bertz CT molecular complexity index is 846. The van der Waals surface area contributed by atoms with Crippen molar-refractivity contribution in [3.05, 3.63) is 69.2 Å². The number of para-hydroxylation sites is 1. The number of nitro groups is 1. The van der Waals surface area contributed by atoms with Crippen molar-refractivity contribution < 1.29 is 19.2 Å². The third-order valence-electron chi connectivity index (χ3n) is 3.50. The lowest BCUT2D eigenvalue weighted by atomic mass is 10.1. The summed E-state index contributed by atoms with van der Waals surface area (Å²) in [4.78, 5) is 34.5. The Morgan fingerprint density at radius 2 is 2.00 bits per heavy atom. The maximum absolute atomic E-state index is 11.9. The monoisotopic (exact) mass is 408 g/mol. The highest BCUT2D eigenvalue weighted by Gasteiger charge is 2.16. The number of carbonyl (C=O) groups excluding carboxylic acids is 2. The van der Waals surface area contributed by atoms with E-state index in [2.05, 4.69) is 5.32 Å². The highest BCUT2D eigenvalue weighted by molar-refractivity contribution is 8.00. The van der Waals surface area contributed by atoms with Crippen LogP contribution in [-0.4, -0.2) is 29.2 Å². The summed E-state index contributed by atoms with van der Waals surface area (Å²) in [5.41, 5.74) is 0.748. The number of thioether (sulfide) groups is 1. The number of nitro benzene ring substituents is 1. The molecule has 0 saturated carbocycles. The number of esters is 1. The molecule has 0 aliphatic carbocycles. The van der Waals surface area contributed by atoms with E-state index < -0.39 is 23.4 Å². The smallest absolute Gasteiger partial charge is 0.316 e. The van der Waals surface area contributed by atoms with E-state index in [1.165, 1.54) is 6.07 Å². The van der Waals surface area contributed by atoms with E-state index in [1.807, 2.05) is 6.07 Å². The van der Waals surface area contributed by atoms with Crippen molar-refractivity contribution in [1.29, 1.82) is 0 Å². The Hall–Kier alpha value is -2.58. The third-order valence-corrected chi connectivity index (χ3v) is 4.77. The normalized spacial score (nSPS) is 11.5. The van der Waals surface area contributed by atoms with Gasteiger partial charge >= 0.3 is 5.97 Å². The van der Waals surface area contributed by atoms with E-state index in [4.69, 9.17) is 16.3 Å². The number of halogens is 1. The van der Waals surface area contributed by atoms with Crippen molar-refractivity contribution >= 4 is 40.9 Å². The Morgan fingerprint density at radius 1 is 1.26 bits per heavy atom. The average Bonchev–Trinajstić information content (AvgIpc) is 2.64. The molecule has 0 bridgehead atoms. The van der Waals surface area contributed by atoms with Gasteiger partial charge in [0.25, 0.3) is 11.6 Å². The van der Waals surface area contributed by atoms with Crippen LogP contribution >= 0.6 is 23.4 Å². The molecule has 27 heavy (non-hydrogen) atoms. The molecule has 0 aromatic heterocycles. The van der Waals surface area contributed by atoms with Gasteiger partial charge in [-0.25, -0.2) is 0 Å². The molecule has 0 spiro atoms. The van der Waals surface area contributed by atoms with Crippen molar-refractivity contribution in [2.45, 2.75) is 17.9 Å².